The SMILES string of the molecule is CN(Cc1ccccc1[N+](=O)[O-])CC1CC(O)C1. The zero-order valence-electron chi connectivity index (χ0n) is 10.5. The molecule has 0 aliphatic heterocycles. The number of aliphatic hydroxyl groups is 1. The molecule has 1 aliphatic carbocycles. The summed E-state index contributed by atoms with van der Waals surface area (Å²) in [5.41, 5.74) is 0.919. The Hall–Kier alpha value is -1.46. The van der Waals surface area contributed by atoms with Crippen LogP contribution in [0.4, 0.5) is 5.69 Å². The lowest BCUT2D eigenvalue weighted by molar-refractivity contribution is -0.385. The molecule has 2 rings (SSSR count). The molecule has 1 aromatic carbocycles. The minimum Gasteiger partial charge on any atom is -0.393 e. The van der Waals surface area contributed by atoms with Crippen LogP contribution in [0.1, 0.15) is 18.4 Å². The molecule has 1 saturated carbocycles. The van der Waals surface area contributed by atoms with E-state index < -0.39 is 0 Å². The van der Waals surface area contributed by atoms with Crippen molar-refractivity contribution in [3.8, 4) is 0 Å². The molecular formula is C13H18N2O3. The lowest BCUT2D eigenvalue weighted by Gasteiger charge is -2.34. The fourth-order valence-electron chi connectivity index (χ4n) is 2.47. The number of benzene rings is 1. The van der Waals surface area contributed by atoms with Gasteiger partial charge in [-0.25, -0.2) is 0 Å². The molecular weight excluding hydrogens is 232 g/mol. The standard InChI is InChI=1S/C13H18N2O3/c1-14(8-10-6-12(16)7-10)9-11-4-2-3-5-13(11)15(17)18/h2-5,10,12,16H,6-9H2,1H3. The van der Waals surface area contributed by atoms with Crippen molar-refractivity contribution in [3.63, 3.8) is 0 Å². The maximum atomic E-state index is 10.9. The van der Waals surface area contributed by atoms with Crippen molar-refractivity contribution in [1.82, 2.24) is 4.90 Å². The summed E-state index contributed by atoms with van der Waals surface area (Å²) in [5, 5.41) is 20.1. The third kappa shape index (κ3) is 3.05. The van der Waals surface area contributed by atoms with Gasteiger partial charge in [0.05, 0.1) is 11.0 Å². The molecule has 0 atom stereocenters. The fourth-order valence-corrected chi connectivity index (χ4v) is 2.47. The normalized spacial score (nSPS) is 22.8. The zero-order valence-corrected chi connectivity index (χ0v) is 10.5. The van der Waals surface area contributed by atoms with Gasteiger partial charge < -0.3 is 10.0 Å². The number of aliphatic hydroxyl groups excluding tert-OH is 1. The van der Waals surface area contributed by atoms with Gasteiger partial charge in [0.15, 0.2) is 0 Å². The van der Waals surface area contributed by atoms with Crippen molar-refractivity contribution in [2.75, 3.05) is 13.6 Å². The number of nitro benzene ring substituents is 1. The molecule has 0 amide bonds. The van der Waals surface area contributed by atoms with Crippen LogP contribution in [0, 0.1) is 16.0 Å². The third-order valence-corrected chi connectivity index (χ3v) is 3.41. The highest BCUT2D eigenvalue weighted by Crippen LogP contribution is 2.28. The van der Waals surface area contributed by atoms with Gasteiger partial charge in [0.1, 0.15) is 0 Å². The van der Waals surface area contributed by atoms with E-state index in [2.05, 4.69) is 4.90 Å². The Morgan fingerprint density at radius 2 is 2.11 bits per heavy atom. The van der Waals surface area contributed by atoms with Crippen LogP contribution in [0.15, 0.2) is 24.3 Å². The zero-order chi connectivity index (χ0) is 13.1. The molecule has 0 saturated heterocycles. The molecule has 0 spiro atoms. The molecule has 0 aromatic heterocycles. The van der Waals surface area contributed by atoms with Crippen LogP contribution in [0.25, 0.3) is 0 Å². The highest BCUT2D eigenvalue weighted by Gasteiger charge is 2.28. The monoisotopic (exact) mass is 250 g/mol. The smallest absolute Gasteiger partial charge is 0.273 e. The van der Waals surface area contributed by atoms with Crippen molar-refractivity contribution >= 4 is 5.69 Å². The van der Waals surface area contributed by atoms with E-state index >= 15 is 0 Å². The summed E-state index contributed by atoms with van der Waals surface area (Å²) in [6.07, 6.45) is 1.55. The summed E-state index contributed by atoms with van der Waals surface area (Å²) >= 11 is 0. The predicted molar refractivity (Wildman–Crippen MR) is 68.2 cm³/mol. The van der Waals surface area contributed by atoms with Crippen molar-refractivity contribution in [2.24, 2.45) is 5.92 Å². The van der Waals surface area contributed by atoms with Crippen LogP contribution in [-0.2, 0) is 6.54 Å². The van der Waals surface area contributed by atoms with Gasteiger partial charge in [0, 0.05) is 24.7 Å². The van der Waals surface area contributed by atoms with Gasteiger partial charge in [0.25, 0.3) is 5.69 Å². The summed E-state index contributed by atoms with van der Waals surface area (Å²) in [7, 11) is 1.96. The largest absolute Gasteiger partial charge is 0.393 e. The Morgan fingerprint density at radius 1 is 1.44 bits per heavy atom. The molecule has 1 aliphatic rings. The van der Waals surface area contributed by atoms with E-state index in [1.807, 2.05) is 13.1 Å². The van der Waals surface area contributed by atoms with E-state index in [9.17, 15) is 15.2 Å². The molecule has 18 heavy (non-hydrogen) atoms. The lowest BCUT2D eigenvalue weighted by atomic mass is 9.82. The van der Waals surface area contributed by atoms with Crippen LogP contribution in [0.5, 0.6) is 0 Å². The van der Waals surface area contributed by atoms with Crippen LogP contribution in [-0.4, -0.2) is 34.6 Å². The quantitative estimate of drug-likeness (QED) is 0.639. The van der Waals surface area contributed by atoms with Gasteiger partial charge in [-0.3, -0.25) is 10.1 Å². The number of nitro groups is 1. The van der Waals surface area contributed by atoms with Crippen molar-refractivity contribution in [2.45, 2.75) is 25.5 Å². The van der Waals surface area contributed by atoms with E-state index in [0.717, 1.165) is 24.9 Å². The average Bonchev–Trinajstić information content (AvgIpc) is 2.27. The predicted octanol–water partition coefficient (Wildman–Crippen LogP) is 1.80. The fraction of sp³-hybridized carbons (Fsp3) is 0.538. The van der Waals surface area contributed by atoms with Gasteiger partial charge >= 0.3 is 0 Å². The Balaban J connectivity index is 1.94. The molecule has 1 fully saturated rings. The van der Waals surface area contributed by atoms with Crippen LogP contribution in [0.2, 0.25) is 0 Å². The summed E-state index contributed by atoms with van der Waals surface area (Å²) in [6, 6.07) is 6.84. The number of hydrogen-bond donors (Lipinski definition) is 1. The highest BCUT2D eigenvalue weighted by molar-refractivity contribution is 5.39. The van der Waals surface area contributed by atoms with Gasteiger partial charge in [0.2, 0.25) is 0 Å². The van der Waals surface area contributed by atoms with Crippen LogP contribution >= 0.6 is 0 Å². The Labute approximate surface area is 106 Å². The summed E-state index contributed by atoms with van der Waals surface area (Å²) in [5.74, 6) is 0.521. The molecule has 0 unspecified atom stereocenters. The number of nitrogens with zero attached hydrogens (tertiary/aromatic N) is 2. The number of rotatable bonds is 5. The topological polar surface area (TPSA) is 66.6 Å². The van der Waals surface area contributed by atoms with Gasteiger partial charge in [-0.2, -0.15) is 0 Å². The van der Waals surface area contributed by atoms with Gasteiger partial charge in [-0.05, 0) is 25.8 Å². The van der Waals surface area contributed by atoms with Crippen LogP contribution in [0.3, 0.4) is 0 Å². The molecule has 1 aromatic rings. The van der Waals surface area contributed by atoms with E-state index in [-0.39, 0.29) is 16.7 Å². The van der Waals surface area contributed by atoms with Crippen molar-refractivity contribution < 1.29 is 10.0 Å². The molecule has 0 heterocycles. The first-order chi connectivity index (χ1) is 8.56. The lowest BCUT2D eigenvalue weighted by Crippen LogP contribution is -2.36. The molecule has 98 valence electrons. The maximum absolute atomic E-state index is 10.9. The second-order valence-corrected chi connectivity index (χ2v) is 5.07. The molecule has 1 N–H and O–H groups in total. The average molecular weight is 250 g/mol. The molecule has 5 nitrogen and oxygen atoms in total. The van der Waals surface area contributed by atoms with E-state index in [0.29, 0.717) is 12.5 Å². The van der Waals surface area contributed by atoms with Gasteiger partial charge in [-0.15, -0.1) is 0 Å². The minimum atomic E-state index is -0.337. The first-order valence-electron chi connectivity index (χ1n) is 6.15. The Kier molecular flexibility index (Phi) is 3.93. The summed E-state index contributed by atoms with van der Waals surface area (Å²) in [6.45, 7) is 1.45. The third-order valence-electron chi connectivity index (χ3n) is 3.41. The van der Waals surface area contributed by atoms with E-state index in [1.54, 1.807) is 12.1 Å². The van der Waals surface area contributed by atoms with Crippen molar-refractivity contribution in [1.29, 1.82) is 0 Å². The highest BCUT2D eigenvalue weighted by atomic mass is 16.6. The second kappa shape index (κ2) is 5.46. The van der Waals surface area contributed by atoms with Gasteiger partial charge in [-0.1, -0.05) is 18.2 Å². The van der Waals surface area contributed by atoms with E-state index in [1.165, 1.54) is 6.07 Å². The molecule has 5 heteroatoms. The maximum Gasteiger partial charge on any atom is 0.273 e. The second-order valence-electron chi connectivity index (χ2n) is 5.07. The van der Waals surface area contributed by atoms with Crippen LogP contribution < -0.4 is 0 Å². The first kappa shape index (κ1) is 13.0. The minimum absolute atomic E-state index is 0.144. The summed E-state index contributed by atoms with van der Waals surface area (Å²) in [4.78, 5) is 12.6. The number of para-hydroxylation sites is 1. The van der Waals surface area contributed by atoms with Crippen molar-refractivity contribution in [3.05, 3.63) is 39.9 Å². The Morgan fingerprint density at radius 3 is 2.72 bits per heavy atom. The molecule has 0 bridgehead atoms. The van der Waals surface area contributed by atoms with E-state index in [4.69, 9.17) is 0 Å². The number of hydrogen-bond acceptors (Lipinski definition) is 4. The Bertz CT molecular complexity index is 430. The summed E-state index contributed by atoms with van der Waals surface area (Å²) < 4.78 is 0. The molecule has 0 radical (unpaired) electrons. The first-order valence-corrected chi connectivity index (χ1v) is 6.15.